The number of hydrogen-bond donors (Lipinski definition) is 2. The molecule has 0 atom stereocenters. The number of halogens is 2. The predicted octanol–water partition coefficient (Wildman–Crippen LogP) is 4.66. The van der Waals surface area contributed by atoms with Crippen LogP contribution >= 0.6 is 0 Å². The number of carbonyl (C=O) groups excluding carboxylic acids is 1. The van der Waals surface area contributed by atoms with Gasteiger partial charge in [-0.1, -0.05) is 30.3 Å². The minimum atomic E-state index is -1.02. The Bertz CT molecular complexity index is 899. The van der Waals surface area contributed by atoms with E-state index in [0.29, 0.717) is 0 Å². The van der Waals surface area contributed by atoms with E-state index in [9.17, 15) is 13.6 Å². The second-order valence-electron chi connectivity index (χ2n) is 6.03. The molecule has 1 amide bonds. The van der Waals surface area contributed by atoms with Crippen molar-refractivity contribution in [2.45, 2.75) is 12.8 Å². The molecule has 1 aromatic heterocycles. The lowest BCUT2D eigenvalue weighted by molar-refractivity contribution is 0.102. The Morgan fingerprint density at radius 1 is 0.926 bits per heavy atom. The number of hydrogen-bond acceptors (Lipinski definition) is 3. The monoisotopic (exact) mass is 367 g/mol. The van der Waals surface area contributed by atoms with Crippen molar-refractivity contribution >= 4 is 17.3 Å². The van der Waals surface area contributed by atoms with E-state index in [0.717, 1.165) is 37.2 Å². The van der Waals surface area contributed by atoms with Crippen LogP contribution in [-0.4, -0.2) is 17.4 Å². The van der Waals surface area contributed by atoms with Crippen molar-refractivity contribution in [3.05, 3.63) is 89.8 Å². The second kappa shape index (κ2) is 8.89. The third kappa shape index (κ3) is 5.34. The number of aromatic nitrogens is 1. The summed E-state index contributed by atoms with van der Waals surface area (Å²) < 4.78 is 26.1. The molecule has 138 valence electrons. The standard InChI is InChI=1S/C21H19F2N3O/c22-18-10-8-16(13-19(18)23)26-21(27)20-11-9-17(14-25-20)24-12-4-7-15-5-2-1-3-6-15/h1-3,5-6,8-11,13-14,24H,4,7,12H2,(H,26,27). The lowest BCUT2D eigenvalue weighted by Crippen LogP contribution is -2.14. The summed E-state index contributed by atoms with van der Waals surface area (Å²) in [4.78, 5) is 16.2. The summed E-state index contributed by atoms with van der Waals surface area (Å²) in [5.41, 5.74) is 2.47. The Morgan fingerprint density at radius 3 is 2.41 bits per heavy atom. The van der Waals surface area contributed by atoms with Gasteiger partial charge < -0.3 is 10.6 Å². The summed E-state index contributed by atoms with van der Waals surface area (Å²) in [5, 5.41) is 5.75. The first-order valence-corrected chi connectivity index (χ1v) is 8.62. The first kappa shape index (κ1) is 18.5. The number of nitrogens with zero attached hydrogens (tertiary/aromatic N) is 1. The summed E-state index contributed by atoms with van der Waals surface area (Å²) >= 11 is 0. The van der Waals surface area contributed by atoms with Crippen LogP contribution in [0.25, 0.3) is 0 Å². The fraction of sp³-hybridized carbons (Fsp3) is 0.143. The number of pyridine rings is 1. The van der Waals surface area contributed by atoms with E-state index in [1.54, 1.807) is 18.3 Å². The predicted molar refractivity (Wildman–Crippen MR) is 102 cm³/mol. The Balaban J connectivity index is 1.49. The van der Waals surface area contributed by atoms with Gasteiger partial charge in [0.2, 0.25) is 0 Å². The number of anilines is 2. The highest BCUT2D eigenvalue weighted by atomic mass is 19.2. The van der Waals surface area contributed by atoms with Crippen molar-refractivity contribution in [2.24, 2.45) is 0 Å². The normalized spacial score (nSPS) is 10.4. The molecule has 0 spiro atoms. The molecule has 6 heteroatoms. The van der Waals surface area contributed by atoms with E-state index in [1.165, 1.54) is 11.6 Å². The van der Waals surface area contributed by atoms with Crippen molar-refractivity contribution in [3.63, 3.8) is 0 Å². The number of carbonyl (C=O) groups is 1. The lowest BCUT2D eigenvalue weighted by Gasteiger charge is -2.08. The quantitative estimate of drug-likeness (QED) is 0.598. The van der Waals surface area contributed by atoms with Crippen LogP contribution in [0.1, 0.15) is 22.5 Å². The van der Waals surface area contributed by atoms with Gasteiger partial charge in [-0.25, -0.2) is 13.8 Å². The van der Waals surface area contributed by atoms with Gasteiger partial charge in [-0.2, -0.15) is 0 Å². The number of nitrogens with one attached hydrogen (secondary N) is 2. The van der Waals surface area contributed by atoms with Crippen LogP contribution in [0.3, 0.4) is 0 Å². The zero-order valence-corrected chi connectivity index (χ0v) is 14.6. The largest absolute Gasteiger partial charge is 0.384 e. The Labute approximate surface area is 156 Å². The molecule has 0 bridgehead atoms. The van der Waals surface area contributed by atoms with Crippen molar-refractivity contribution in [1.82, 2.24) is 4.98 Å². The number of benzene rings is 2. The van der Waals surface area contributed by atoms with E-state index in [2.05, 4.69) is 27.8 Å². The smallest absolute Gasteiger partial charge is 0.274 e. The van der Waals surface area contributed by atoms with Gasteiger partial charge in [0.15, 0.2) is 11.6 Å². The molecule has 0 aliphatic heterocycles. The van der Waals surface area contributed by atoms with Gasteiger partial charge in [-0.3, -0.25) is 4.79 Å². The molecule has 2 N–H and O–H groups in total. The molecule has 0 radical (unpaired) electrons. The van der Waals surface area contributed by atoms with Gasteiger partial charge in [0.1, 0.15) is 5.69 Å². The van der Waals surface area contributed by atoms with Gasteiger partial charge >= 0.3 is 0 Å². The third-order valence-corrected chi connectivity index (χ3v) is 3.99. The molecule has 4 nitrogen and oxygen atoms in total. The highest BCUT2D eigenvalue weighted by Crippen LogP contribution is 2.14. The van der Waals surface area contributed by atoms with E-state index < -0.39 is 17.5 Å². The van der Waals surface area contributed by atoms with Gasteiger partial charge in [0.05, 0.1) is 11.9 Å². The maximum atomic E-state index is 13.2. The minimum absolute atomic E-state index is 0.170. The van der Waals surface area contributed by atoms with Crippen molar-refractivity contribution in [2.75, 3.05) is 17.2 Å². The maximum absolute atomic E-state index is 13.2. The summed E-state index contributed by atoms with van der Waals surface area (Å²) in [6.07, 6.45) is 3.53. The SMILES string of the molecule is O=C(Nc1ccc(F)c(F)c1)c1ccc(NCCCc2ccccc2)cn1. The van der Waals surface area contributed by atoms with Gasteiger partial charge in [-0.05, 0) is 42.7 Å². The summed E-state index contributed by atoms with van der Waals surface area (Å²) in [7, 11) is 0. The summed E-state index contributed by atoms with van der Waals surface area (Å²) in [6, 6.07) is 16.8. The average molecular weight is 367 g/mol. The van der Waals surface area contributed by atoms with Crippen LogP contribution in [0, 0.1) is 11.6 Å². The molecule has 0 fully saturated rings. The molecule has 0 unspecified atom stereocenters. The minimum Gasteiger partial charge on any atom is -0.384 e. The lowest BCUT2D eigenvalue weighted by atomic mass is 10.1. The van der Waals surface area contributed by atoms with Crippen LogP contribution in [0.5, 0.6) is 0 Å². The van der Waals surface area contributed by atoms with E-state index in [-0.39, 0.29) is 11.4 Å². The van der Waals surface area contributed by atoms with Crippen molar-refractivity contribution in [1.29, 1.82) is 0 Å². The van der Waals surface area contributed by atoms with Crippen molar-refractivity contribution < 1.29 is 13.6 Å². The number of aryl methyl sites for hydroxylation is 1. The van der Waals surface area contributed by atoms with Gasteiger partial charge in [0, 0.05) is 18.3 Å². The van der Waals surface area contributed by atoms with Crippen LogP contribution < -0.4 is 10.6 Å². The van der Waals surface area contributed by atoms with Gasteiger partial charge in [0.25, 0.3) is 5.91 Å². The highest BCUT2D eigenvalue weighted by Gasteiger charge is 2.09. The second-order valence-corrected chi connectivity index (χ2v) is 6.03. The van der Waals surface area contributed by atoms with E-state index >= 15 is 0 Å². The number of amides is 1. The molecule has 2 aromatic carbocycles. The molecular formula is C21H19F2N3O. The maximum Gasteiger partial charge on any atom is 0.274 e. The average Bonchev–Trinajstić information content (AvgIpc) is 2.69. The van der Waals surface area contributed by atoms with Crippen LogP contribution in [-0.2, 0) is 6.42 Å². The highest BCUT2D eigenvalue weighted by molar-refractivity contribution is 6.02. The fourth-order valence-electron chi connectivity index (χ4n) is 2.57. The summed E-state index contributed by atoms with van der Waals surface area (Å²) in [5.74, 6) is -2.47. The Hall–Kier alpha value is -3.28. The number of rotatable bonds is 7. The molecule has 0 aliphatic carbocycles. The first-order valence-electron chi connectivity index (χ1n) is 8.62. The van der Waals surface area contributed by atoms with Crippen LogP contribution in [0.2, 0.25) is 0 Å². The summed E-state index contributed by atoms with van der Waals surface area (Å²) in [6.45, 7) is 0.789. The van der Waals surface area contributed by atoms with E-state index in [4.69, 9.17) is 0 Å². The van der Waals surface area contributed by atoms with Crippen LogP contribution in [0.15, 0.2) is 66.9 Å². The molecule has 0 aliphatic rings. The molecular weight excluding hydrogens is 348 g/mol. The zero-order chi connectivity index (χ0) is 19.1. The first-order chi connectivity index (χ1) is 13.1. The van der Waals surface area contributed by atoms with Crippen LogP contribution in [0.4, 0.5) is 20.2 Å². The molecule has 27 heavy (non-hydrogen) atoms. The Kier molecular flexibility index (Phi) is 6.10. The molecule has 3 aromatic rings. The third-order valence-electron chi connectivity index (χ3n) is 3.99. The van der Waals surface area contributed by atoms with Crippen molar-refractivity contribution in [3.8, 4) is 0 Å². The van der Waals surface area contributed by atoms with Gasteiger partial charge in [-0.15, -0.1) is 0 Å². The van der Waals surface area contributed by atoms with E-state index in [1.807, 2.05) is 18.2 Å². The molecule has 1 heterocycles. The Morgan fingerprint density at radius 2 is 1.70 bits per heavy atom. The molecule has 3 rings (SSSR count). The molecule has 0 saturated carbocycles. The zero-order valence-electron chi connectivity index (χ0n) is 14.6. The fourth-order valence-corrected chi connectivity index (χ4v) is 2.57. The topological polar surface area (TPSA) is 54.0 Å². The molecule has 0 saturated heterocycles.